The maximum absolute atomic E-state index is 10.4. The van der Waals surface area contributed by atoms with Crippen molar-refractivity contribution in [1.29, 1.82) is 0 Å². The van der Waals surface area contributed by atoms with E-state index in [1.165, 1.54) is 0 Å². The summed E-state index contributed by atoms with van der Waals surface area (Å²) in [6, 6.07) is 0. The number of nitrogens with zero attached hydrogens (tertiary/aromatic N) is 2. The van der Waals surface area contributed by atoms with Crippen molar-refractivity contribution in [2.45, 2.75) is 6.42 Å². The molecule has 0 atom stereocenters. The Kier molecular flexibility index (Phi) is 15.8. The van der Waals surface area contributed by atoms with E-state index in [0.29, 0.717) is 0 Å². The van der Waals surface area contributed by atoms with Crippen LogP contribution >= 0.6 is 0 Å². The van der Waals surface area contributed by atoms with E-state index < -0.39 is 50.1 Å². The van der Waals surface area contributed by atoms with Gasteiger partial charge in [0.25, 0.3) is 0 Å². The van der Waals surface area contributed by atoms with E-state index >= 15 is 0 Å². The minimum atomic E-state index is -1.47. The van der Waals surface area contributed by atoms with E-state index in [1.807, 2.05) is 0 Å². The average Bonchev–Trinajstić information content (AvgIpc) is 2.24. The van der Waals surface area contributed by atoms with Crippen molar-refractivity contribution in [2.75, 3.05) is 39.3 Å². The minimum Gasteiger partial charge on any atom is -0.549 e. The maximum atomic E-state index is 10.4. The van der Waals surface area contributed by atoms with Gasteiger partial charge >= 0.3 is 17.1 Å². The number of carboxylic acids is 4. The molecule has 0 heterocycles. The molecule has 0 saturated heterocycles. The zero-order chi connectivity index (χ0) is 16.4. The number of carboxylic acid groups (broad SMARTS) is 4. The molecule has 11 nitrogen and oxygen atoms in total. The van der Waals surface area contributed by atoms with Crippen molar-refractivity contribution in [1.82, 2.24) is 16.0 Å². The Morgan fingerprint density at radius 3 is 1.00 bits per heavy atom. The normalized spacial score (nSPS) is 9.83. The summed E-state index contributed by atoms with van der Waals surface area (Å²) in [6.45, 7) is -2.55. The third kappa shape index (κ3) is 16.5. The first-order valence-corrected chi connectivity index (χ1v) is 5.94. The van der Waals surface area contributed by atoms with Crippen LogP contribution in [0.15, 0.2) is 0 Å². The van der Waals surface area contributed by atoms with Crippen LogP contribution in [0.3, 0.4) is 0 Å². The van der Waals surface area contributed by atoms with Gasteiger partial charge in [-0.3, -0.25) is 9.80 Å². The summed E-state index contributed by atoms with van der Waals surface area (Å²) >= 11 is 0. The maximum Gasteiger partial charge on any atom is 3.00 e. The molecule has 0 aromatic carbocycles. The van der Waals surface area contributed by atoms with Gasteiger partial charge in [0.05, 0.1) is 23.9 Å². The SMILES string of the molecule is O=C([O-])CN(CCCN(CC(=O)[O-])CC(=O)[O-])CC(=O)[O-].[Fe+3].[NH4+]. The van der Waals surface area contributed by atoms with Gasteiger partial charge in [-0.25, -0.2) is 0 Å². The zero-order valence-corrected chi connectivity index (χ0v) is 13.6. The Balaban J connectivity index is -0.00000200. The van der Waals surface area contributed by atoms with Gasteiger partial charge in [-0.15, -0.1) is 0 Å². The Morgan fingerprint density at radius 1 is 0.609 bits per heavy atom. The van der Waals surface area contributed by atoms with Gasteiger partial charge < -0.3 is 45.8 Å². The molecule has 23 heavy (non-hydrogen) atoms. The molecular formula is C11H18FeN3O8. The van der Waals surface area contributed by atoms with Crippen molar-refractivity contribution in [3.63, 3.8) is 0 Å². The summed E-state index contributed by atoms with van der Waals surface area (Å²) in [5, 5.41) is 41.7. The van der Waals surface area contributed by atoms with Crippen LogP contribution in [0.5, 0.6) is 0 Å². The molecule has 0 rings (SSSR count). The summed E-state index contributed by atoms with van der Waals surface area (Å²) in [5.74, 6) is -5.90. The van der Waals surface area contributed by atoms with Crippen molar-refractivity contribution in [3.05, 3.63) is 0 Å². The molecule has 133 valence electrons. The zero-order valence-electron chi connectivity index (χ0n) is 12.5. The third-order valence-corrected chi connectivity index (χ3v) is 2.36. The molecule has 0 aliphatic carbocycles. The van der Waals surface area contributed by atoms with Crippen molar-refractivity contribution < 1.29 is 56.7 Å². The van der Waals surface area contributed by atoms with Crippen LogP contribution in [0.1, 0.15) is 6.42 Å². The van der Waals surface area contributed by atoms with Crippen LogP contribution in [0, 0.1) is 0 Å². The Hall–Kier alpha value is -1.72. The molecule has 0 aromatic rings. The van der Waals surface area contributed by atoms with Gasteiger partial charge in [0.2, 0.25) is 0 Å². The number of hydrogen-bond acceptors (Lipinski definition) is 10. The van der Waals surface area contributed by atoms with Crippen molar-refractivity contribution in [2.24, 2.45) is 0 Å². The Labute approximate surface area is 142 Å². The monoisotopic (exact) mass is 376 g/mol. The number of hydrogen-bond donors (Lipinski definition) is 1. The topological polar surface area (TPSA) is 204 Å². The first-order chi connectivity index (χ1) is 9.70. The summed E-state index contributed by atoms with van der Waals surface area (Å²) < 4.78 is 0. The van der Waals surface area contributed by atoms with Gasteiger partial charge in [-0.05, 0) is 6.42 Å². The molecule has 0 saturated carbocycles. The van der Waals surface area contributed by atoms with E-state index in [4.69, 9.17) is 0 Å². The Bertz CT molecular complexity index is 339. The number of carbonyl (C=O) groups excluding carboxylic acids is 4. The fourth-order valence-corrected chi connectivity index (χ4v) is 1.68. The van der Waals surface area contributed by atoms with Gasteiger partial charge in [-0.1, -0.05) is 0 Å². The van der Waals surface area contributed by atoms with Gasteiger partial charge in [0, 0.05) is 39.3 Å². The summed E-state index contributed by atoms with van der Waals surface area (Å²) in [6.07, 6.45) is 0.140. The minimum absolute atomic E-state index is 0. The second-order valence-electron chi connectivity index (χ2n) is 4.26. The smallest absolute Gasteiger partial charge is 0.549 e. The van der Waals surface area contributed by atoms with Crippen LogP contribution in [0.4, 0.5) is 0 Å². The third-order valence-electron chi connectivity index (χ3n) is 2.36. The van der Waals surface area contributed by atoms with Crippen molar-refractivity contribution >= 4 is 23.9 Å². The molecule has 12 heteroatoms. The molecule has 0 amide bonds. The van der Waals surface area contributed by atoms with Crippen LogP contribution in [0.2, 0.25) is 0 Å². The molecule has 0 fully saturated rings. The molecule has 1 radical (unpaired) electrons. The molecule has 0 aliphatic rings. The van der Waals surface area contributed by atoms with Crippen LogP contribution in [-0.2, 0) is 36.2 Å². The van der Waals surface area contributed by atoms with E-state index in [2.05, 4.69) is 0 Å². The molecule has 0 bridgehead atoms. The van der Waals surface area contributed by atoms with Crippen LogP contribution in [-0.4, -0.2) is 72.9 Å². The molecule has 4 N–H and O–H groups in total. The fraction of sp³-hybridized carbons (Fsp3) is 0.636. The van der Waals surface area contributed by atoms with Crippen LogP contribution < -0.4 is 26.6 Å². The van der Waals surface area contributed by atoms with Crippen molar-refractivity contribution in [3.8, 4) is 0 Å². The van der Waals surface area contributed by atoms with E-state index in [9.17, 15) is 39.6 Å². The average molecular weight is 376 g/mol. The first kappa shape index (κ1) is 26.2. The van der Waals surface area contributed by atoms with Crippen LogP contribution in [0.25, 0.3) is 0 Å². The molecule has 0 spiro atoms. The molecule has 0 unspecified atom stereocenters. The first-order valence-electron chi connectivity index (χ1n) is 5.94. The summed E-state index contributed by atoms with van der Waals surface area (Å²) in [7, 11) is 0. The van der Waals surface area contributed by atoms with E-state index in [0.717, 1.165) is 9.80 Å². The number of aliphatic carboxylic acids is 4. The Morgan fingerprint density at radius 2 is 0.826 bits per heavy atom. The summed E-state index contributed by atoms with van der Waals surface area (Å²) in [5.41, 5.74) is 0. The van der Waals surface area contributed by atoms with E-state index in [1.54, 1.807) is 0 Å². The predicted molar refractivity (Wildman–Crippen MR) is 63.5 cm³/mol. The number of carbonyl (C=O) groups is 4. The van der Waals surface area contributed by atoms with Gasteiger partial charge in [0.1, 0.15) is 0 Å². The number of quaternary nitrogens is 1. The molecular weight excluding hydrogens is 358 g/mol. The largest absolute Gasteiger partial charge is 3.00 e. The fourth-order valence-electron chi connectivity index (χ4n) is 1.68. The quantitative estimate of drug-likeness (QED) is 0.319. The van der Waals surface area contributed by atoms with E-state index in [-0.39, 0.29) is 42.7 Å². The number of rotatable bonds is 12. The van der Waals surface area contributed by atoms with Gasteiger partial charge in [-0.2, -0.15) is 0 Å². The summed E-state index contributed by atoms with van der Waals surface area (Å²) in [4.78, 5) is 43.8. The predicted octanol–water partition coefficient (Wildman–Crippen LogP) is -6.65. The second-order valence-corrected chi connectivity index (χ2v) is 4.26. The standard InChI is InChI=1S/C11H18N2O8.Fe.H3N/c14-8(15)4-12(5-9(16)17)2-1-3-13(6-10(18)19)7-11(20)21;;/h1-7H2,(H,14,15)(H,16,17)(H,18,19)(H,20,21);;1H3/q;+3;/p-3. The second kappa shape index (κ2) is 13.9. The molecule has 0 aromatic heterocycles. The molecule has 0 aliphatic heterocycles. The van der Waals surface area contributed by atoms with Gasteiger partial charge in [0.15, 0.2) is 0 Å².